The Morgan fingerprint density at radius 3 is 2.67 bits per heavy atom. The van der Waals surface area contributed by atoms with Crippen LogP contribution in [0.5, 0.6) is 0 Å². The van der Waals surface area contributed by atoms with Crippen LogP contribution in [0.25, 0.3) is 0 Å². The minimum Gasteiger partial charge on any atom is -0.375 e. The monoisotopic (exact) mass is 159 g/mol. The third kappa shape index (κ3) is 1.12. The zero-order valence-electron chi connectivity index (χ0n) is 4.26. The highest BCUT2D eigenvalue weighted by Gasteiger charge is 2.03. The van der Waals surface area contributed by atoms with Gasteiger partial charge in [0.15, 0.2) is 10.3 Å². The first-order chi connectivity index (χ1) is 4.24. The molecule has 0 unspecified atom stereocenters. The zero-order chi connectivity index (χ0) is 6.85. The van der Waals surface area contributed by atoms with E-state index in [0.29, 0.717) is 10.0 Å². The van der Waals surface area contributed by atoms with Gasteiger partial charge in [-0.3, -0.25) is 0 Å². The maximum atomic E-state index is 8.31. The SMILES string of the molecule is N#Cc1sc(N)nc1Cl. The number of hydrogen-bond acceptors (Lipinski definition) is 4. The minimum absolute atomic E-state index is 0.194. The van der Waals surface area contributed by atoms with Gasteiger partial charge in [0, 0.05) is 0 Å². The molecular weight excluding hydrogens is 158 g/mol. The second kappa shape index (κ2) is 2.21. The number of nitrogens with two attached hydrogens (primary N) is 1. The van der Waals surface area contributed by atoms with E-state index in [0.717, 1.165) is 11.3 Å². The van der Waals surface area contributed by atoms with Crippen LogP contribution in [0.4, 0.5) is 5.13 Å². The molecule has 0 saturated carbocycles. The van der Waals surface area contributed by atoms with Crippen LogP contribution in [-0.4, -0.2) is 4.98 Å². The van der Waals surface area contributed by atoms with Crippen LogP contribution in [-0.2, 0) is 0 Å². The Morgan fingerprint density at radius 1 is 1.78 bits per heavy atom. The number of hydrogen-bond donors (Lipinski definition) is 1. The van der Waals surface area contributed by atoms with Crippen molar-refractivity contribution in [2.24, 2.45) is 0 Å². The van der Waals surface area contributed by atoms with Gasteiger partial charge in [-0.1, -0.05) is 22.9 Å². The van der Waals surface area contributed by atoms with Gasteiger partial charge in [0.1, 0.15) is 10.9 Å². The largest absolute Gasteiger partial charge is 0.375 e. The van der Waals surface area contributed by atoms with Gasteiger partial charge in [0.05, 0.1) is 0 Å². The maximum absolute atomic E-state index is 8.31. The second-order valence-electron chi connectivity index (χ2n) is 1.28. The first-order valence-corrected chi connectivity index (χ1v) is 3.25. The van der Waals surface area contributed by atoms with E-state index in [2.05, 4.69) is 4.98 Å². The molecule has 1 rings (SSSR count). The average molecular weight is 160 g/mol. The van der Waals surface area contributed by atoms with Gasteiger partial charge in [-0.25, -0.2) is 4.98 Å². The summed E-state index contributed by atoms with van der Waals surface area (Å²) in [5.74, 6) is 0. The molecule has 0 aliphatic carbocycles. The van der Waals surface area contributed by atoms with Gasteiger partial charge in [-0.15, -0.1) is 0 Å². The fourth-order valence-electron chi connectivity index (χ4n) is 0.386. The van der Waals surface area contributed by atoms with Crippen LogP contribution < -0.4 is 5.73 Å². The van der Waals surface area contributed by atoms with Crippen molar-refractivity contribution < 1.29 is 0 Å². The Balaban J connectivity index is 3.20. The second-order valence-corrected chi connectivity index (χ2v) is 2.67. The third-order valence-corrected chi connectivity index (χ3v) is 1.88. The molecule has 0 spiro atoms. The summed E-state index contributed by atoms with van der Waals surface area (Å²) in [6, 6.07) is 1.86. The van der Waals surface area contributed by atoms with Crippen molar-refractivity contribution in [3.63, 3.8) is 0 Å². The molecule has 0 radical (unpaired) electrons. The lowest BCUT2D eigenvalue weighted by molar-refractivity contribution is 1.41. The Kier molecular flexibility index (Phi) is 1.56. The summed E-state index contributed by atoms with van der Waals surface area (Å²) in [6.45, 7) is 0. The fraction of sp³-hybridized carbons (Fsp3) is 0. The minimum atomic E-state index is 0.194. The first-order valence-electron chi connectivity index (χ1n) is 2.06. The lowest BCUT2D eigenvalue weighted by atomic mass is 10.6. The Labute approximate surface area is 60.7 Å². The summed E-state index contributed by atoms with van der Waals surface area (Å²) >= 11 is 6.53. The Hall–Kier alpha value is -0.790. The van der Waals surface area contributed by atoms with Gasteiger partial charge in [-0.2, -0.15) is 5.26 Å². The van der Waals surface area contributed by atoms with E-state index in [4.69, 9.17) is 22.6 Å². The van der Waals surface area contributed by atoms with Gasteiger partial charge in [0.2, 0.25) is 0 Å². The summed E-state index contributed by atoms with van der Waals surface area (Å²) in [5, 5.41) is 8.84. The number of anilines is 1. The lowest BCUT2D eigenvalue weighted by Crippen LogP contribution is -1.78. The van der Waals surface area contributed by atoms with Crippen LogP contribution >= 0.6 is 22.9 Å². The Bertz CT molecular complexity index is 261. The zero-order valence-corrected chi connectivity index (χ0v) is 5.83. The number of aromatic nitrogens is 1. The van der Waals surface area contributed by atoms with Crippen LogP contribution in [0.2, 0.25) is 5.15 Å². The predicted molar refractivity (Wildman–Crippen MR) is 36.3 cm³/mol. The highest BCUT2D eigenvalue weighted by molar-refractivity contribution is 7.16. The molecule has 0 fully saturated rings. The molecule has 0 atom stereocenters. The molecule has 1 heterocycles. The Morgan fingerprint density at radius 2 is 2.44 bits per heavy atom. The van der Waals surface area contributed by atoms with E-state index in [-0.39, 0.29) is 5.15 Å². The number of thiazole rings is 1. The van der Waals surface area contributed by atoms with E-state index in [1.807, 2.05) is 6.07 Å². The number of halogens is 1. The fourth-order valence-corrected chi connectivity index (χ4v) is 1.21. The molecule has 1 aromatic heterocycles. The summed E-state index contributed by atoms with van der Waals surface area (Å²) in [6.07, 6.45) is 0. The average Bonchev–Trinajstić information content (AvgIpc) is 2.10. The molecule has 5 heteroatoms. The smallest absolute Gasteiger partial charge is 0.182 e. The van der Waals surface area contributed by atoms with Crippen molar-refractivity contribution >= 4 is 28.1 Å². The van der Waals surface area contributed by atoms with Crippen molar-refractivity contribution in [1.29, 1.82) is 5.26 Å². The van der Waals surface area contributed by atoms with Crippen LogP contribution in [0.3, 0.4) is 0 Å². The van der Waals surface area contributed by atoms with E-state index >= 15 is 0 Å². The summed E-state index contributed by atoms with van der Waals surface area (Å²) in [4.78, 5) is 3.99. The highest BCUT2D eigenvalue weighted by Crippen LogP contribution is 2.22. The van der Waals surface area contributed by atoms with E-state index in [9.17, 15) is 0 Å². The van der Waals surface area contributed by atoms with Crippen LogP contribution in [0, 0.1) is 11.3 Å². The van der Waals surface area contributed by atoms with E-state index < -0.39 is 0 Å². The maximum Gasteiger partial charge on any atom is 0.182 e. The van der Waals surface area contributed by atoms with E-state index in [1.54, 1.807) is 0 Å². The molecule has 0 aromatic carbocycles. The normalized spacial score (nSPS) is 8.89. The van der Waals surface area contributed by atoms with Crippen molar-refractivity contribution in [2.45, 2.75) is 0 Å². The van der Waals surface area contributed by atoms with Gasteiger partial charge in [0.25, 0.3) is 0 Å². The van der Waals surface area contributed by atoms with Crippen molar-refractivity contribution in [3.8, 4) is 6.07 Å². The molecule has 2 N–H and O–H groups in total. The summed E-state index contributed by atoms with van der Waals surface area (Å²) < 4.78 is 0. The number of nitrogens with zero attached hydrogens (tertiary/aromatic N) is 2. The molecule has 9 heavy (non-hydrogen) atoms. The lowest BCUT2D eigenvalue weighted by Gasteiger charge is -1.71. The van der Waals surface area contributed by atoms with Crippen LogP contribution in [0.1, 0.15) is 4.88 Å². The van der Waals surface area contributed by atoms with Gasteiger partial charge in [-0.05, 0) is 0 Å². The molecule has 0 saturated heterocycles. The highest BCUT2D eigenvalue weighted by atomic mass is 35.5. The first kappa shape index (κ1) is 6.33. The number of nitrogen functional groups attached to an aromatic ring is 1. The van der Waals surface area contributed by atoms with Gasteiger partial charge >= 0.3 is 0 Å². The number of nitriles is 1. The molecular formula is C4H2ClN3S. The van der Waals surface area contributed by atoms with Crippen LogP contribution in [0.15, 0.2) is 0 Å². The van der Waals surface area contributed by atoms with Crippen molar-refractivity contribution in [3.05, 3.63) is 10.0 Å². The standard InChI is InChI=1S/C4H2ClN3S/c5-3-2(1-6)9-4(7)8-3/h(H2,7,8). The van der Waals surface area contributed by atoms with Crippen molar-refractivity contribution in [1.82, 2.24) is 4.98 Å². The number of rotatable bonds is 0. The van der Waals surface area contributed by atoms with Gasteiger partial charge < -0.3 is 5.73 Å². The third-order valence-electron chi connectivity index (χ3n) is 0.704. The molecule has 1 aromatic rings. The molecule has 46 valence electrons. The molecule has 0 aliphatic heterocycles. The predicted octanol–water partition coefficient (Wildman–Crippen LogP) is 1.25. The molecule has 0 aliphatic rings. The molecule has 0 bridgehead atoms. The summed E-state index contributed by atoms with van der Waals surface area (Å²) in [7, 11) is 0. The molecule has 3 nitrogen and oxygen atoms in total. The van der Waals surface area contributed by atoms with Crippen molar-refractivity contribution in [2.75, 3.05) is 5.73 Å². The van der Waals surface area contributed by atoms with E-state index in [1.165, 1.54) is 0 Å². The summed E-state index contributed by atoms with van der Waals surface area (Å²) in [5.41, 5.74) is 5.23. The molecule has 0 amide bonds. The quantitative estimate of drug-likeness (QED) is 0.620. The topological polar surface area (TPSA) is 62.7 Å².